The highest BCUT2D eigenvalue weighted by atomic mass is 16.5. The van der Waals surface area contributed by atoms with Crippen molar-refractivity contribution in [3.8, 4) is 0 Å². The van der Waals surface area contributed by atoms with Crippen LogP contribution in [0.5, 0.6) is 0 Å². The van der Waals surface area contributed by atoms with Gasteiger partial charge in [-0.05, 0) is 12.1 Å². The predicted molar refractivity (Wildman–Crippen MR) is 77.6 cm³/mol. The smallest absolute Gasteiger partial charge is 0.127 e. The van der Waals surface area contributed by atoms with Crippen LogP contribution in [0.2, 0.25) is 0 Å². The Morgan fingerprint density at radius 3 is 2.47 bits per heavy atom. The van der Waals surface area contributed by atoms with Crippen molar-refractivity contribution in [1.29, 1.82) is 0 Å². The van der Waals surface area contributed by atoms with Gasteiger partial charge in [-0.2, -0.15) is 0 Å². The molecule has 1 fully saturated rings. The molecule has 1 saturated heterocycles. The molecule has 0 spiro atoms. The van der Waals surface area contributed by atoms with Crippen LogP contribution in [0.25, 0.3) is 0 Å². The average Bonchev–Trinajstić information content (AvgIpc) is 2.45. The minimum atomic E-state index is 0.932. The standard InChI is InChI=1S/C15H25N3O/c1-17(2)15-5-3-14(4-6-15)13-16-7-8-18-9-11-19-12-10-18/h3-6,16H,7-13H2,1-2H3/p+2. The van der Waals surface area contributed by atoms with Crippen molar-refractivity contribution in [3.63, 3.8) is 0 Å². The summed E-state index contributed by atoms with van der Waals surface area (Å²) >= 11 is 0. The fourth-order valence-corrected chi connectivity index (χ4v) is 2.42. The van der Waals surface area contributed by atoms with Crippen LogP contribution in [0.3, 0.4) is 0 Å². The van der Waals surface area contributed by atoms with E-state index in [2.05, 4.69) is 48.6 Å². The average molecular weight is 265 g/mol. The van der Waals surface area contributed by atoms with Crippen LogP contribution in [0, 0.1) is 0 Å². The topological polar surface area (TPSA) is 33.5 Å². The number of hydrogen-bond donors (Lipinski definition) is 2. The molecular weight excluding hydrogens is 238 g/mol. The Bertz CT molecular complexity index is 358. The van der Waals surface area contributed by atoms with Gasteiger partial charge in [0, 0.05) is 25.3 Å². The zero-order chi connectivity index (χ0) is 13.5. The molecule has 1 aromatic carbocycles. The van der Waals surface area contributed by atoms with Crippen LogP contribution < -0.4 is 15.1 Å². The van der Waals surface area contributed by atoms with Crippen molar-refractivity contribution in [3.05, 3.63) is 29.8 Å². The third-order valence-electron chi connectivity index (χ3n) is 3.73. The second kappa shape index (κ2) is 7.48. The van der Waals surface area contributed by atoms with Crippen LogP contribution >= 0.6 is 0 Å². The molecule has 0 atom stereocenters. The van der Waals surface area contributed by atoms with Crippen LogP contribution in [0.4, 0.5) is 5.69 Å². The first kappa shape index (κ1) is 14.3. The summed E-state index contributed by atoms with van der Waals surface area (Å²) in [6.07, 6.45) is 0. The third kappa shape index (κ3) is 4.82. The molecule has 4 heteroatoms. The van der Waals surface area contributed by atoms with Crippen LogP contribution in [0.15, 0.2) is 24.3 Å². The van der Waals surface area contributed by atoms with Gasteiger partial charge in [0.1, 0.15) is 32.7 Å². The van der Waals surface area contributed by atoms with Crippen LogP contribution in [0.1, 0.15) is 5.56 Å². The highest BCUT2D eigenvalue weighted by Crippen LogP contribution is 2.11. The molecular formula is C15H27N3O+2. The van der Waals surface area contributed by atoms with E-state index in [0.717, 1.165) is 19.8 Å². The number of rotatable bonds is 6. The molecule has 0 radical (unpaired) electrons. The number of benzene rings is 1. The molecule has 1 aliphatic heterocycles. The largest absolute Gasteiger partial charge is 0.378 e. The van der Waals surface area contributed by atoms with Gasteiger partial charge < -0.3 is 19.9 Å². The molecule has 1 heterocycles. The first-order valence-electron chi connectivity index (χ1n) is 7.25. The summed E-state index contributed by atoms with van der Waals surface area (Å²) in [5.41, 5.74) is 2.67. The maximum atomic E-state index is 5.37. The fourth-order valence-electron chi connectivity index (χ4n) is 2.42. The highest BCUT2D eigenvalue weighted by molar-refractivity contribution is 5.45. The first-order chi connectivity index (χ1) is 9.25. The molecule has 0 unspecified atom stereocenters. The van der Waals surface area contributed by atoms with Gasteiger partial charge in [0.25, 0.3) is 0 Å². The number of nitrogens with zero attached hydrogens (tertiary/aromatic N) is 1. The number of quaternary nitrogens is 2. The number of morpholine rings is 1. The van der Waals surface area contributed by atoms with Crippen molar-refractivity contribution in [2.24, 2.45) is 0 Å². The lowest BCUT2D eigenvalue weighted by Crippen LogP contribution is -3.16. The van der Waals surface area contributed by atoms with Crippen molar-refractivity contribution in [2.75, 3.05) is 58.4 Å². The summed E-state index contributed by atoms with van der Waals surface area (Å²) in [5.74, 6) is 0. The third-order valence-corrected chi connectivity index (χ3v) is 3.73. The Morgan fingerprint density at radius 2 is 1.84 bits per heavy atom. The van der Waals surface area contributed by atoms with Crippen LogP contribution in [-0.4, -0.2) is 53.5 Å². The predicted octanol–water partition coefficient (Wildman–Crippen LogP) is -1.27. The van der Waals surface area contributed by atoms with Gasteiger partial charge in [0.05, 0.1) is 13.2 Å². The van der Waals surface area contributed by atoms with Gasteiger partial charge in [-0.1, -0.05) is 12.1 Å². The Balaban J connectivity index is 1.64. The minimum Gasteiger partial charge on any atom is -0.378 e. The number of anilines is 1. The second-order valence-corrected chi connectivity index (χ2v) is 5.45. The quantitative estimate of drug-likeness (QED) is 0.629. The number of nitrogens with two attached hydrogens (primary N) is 1. The monoisotopic (exact) mass is 265 g/mol. The summed E-state index contributed by atoms with van der Waals surface area (Å²) in [6.45, 7) is 7.74. The Hall–Kier alpha value is -1.10. The molecule has 0 aromatic heterocycles. The lowest BCUT2D eigenvalue weighted by Gasteiger charge is -2.22. The molecule has 3 N–H and O–H groups in total. The minimum absolute atomic E-state index is 0.932. The maximum Gasteiger partial charge on any atom is 0.127 e. The molecule has 0 bridgehead atoms. The van der Waals surface area contributed by atoms with E-state index in [4.69, 9.17) is 4.74 Å². The normalized spacial score (nSPS) is 16.5. The maximum absolute atomic E-state index is 5.37. The van der Waals surface area contributed by atoms with E-state index in [1.165, 1.54) is 37.4 Å². The summed E-state index contributed by atoms with van der Waals surface area (Å²) in [4.78, 5) is 3.82. The summed E-state index contributed by atoms with van der Waals surface area (Å²) in [5, 5.41) is 2.41. The zero-order valence-corrected chi connectivity index (χ0v) is 12.2. The molecule has 2 rings (SSSR count). The number of ether oxygens (including phenoxy) is 1. The molecule has 19 heavy (non-hydrogen) atoms. The van der Waals surface area contributed by atoms with Gasteiger partial charge in [0.15, 0.2) is 0 Å². The SMILES string of the molecule is CN(C)c1ccc(C[NH2+]CC[NH+]2CCOCC2)cc1. The van der Waals surface area contributed by atoms with E-state index in [1.54, 1.807) is 4.90 Å². The Kier molecular flexibility index (Phi) is 5.63. The molecule has 4 nitrogen and oxygen atoms in total. The summed E-state index contributed by atoms with van der Waals surface area (Å²) < 4.78 is 5.37. The molecule has 1 aromatic rings. The molecule has 1 aliphatic rings. The van der Waals surface area contributed by atoms with E-state index < -0.39 is 0 Å². The molecule has 0 aliphatic carbocycles. The lowest BCUT2D eigenvalue weighted by molar-refractivity contribution is -0.920. The zero-order valence-electron chi connectivity index (χ0n) is 12.2. The first-order valence-corrected chi connectivity index (χ1v) is 7.25. The number of hydrogen-bond acceptors (Lipinski definition) is 2. The van der Waals surface area contributed by atoms with Gasteiger partial charge >= 0.3 is 0 Å². The Morgan fingerprint density at radius 1 is 1.16 bits per heavy atom. The van der Waals surface area contributed by atoms with Crippen molar-refractivity contribution in [1.82, 2.24) is 0 Å². The van der Waals surface area contributed by atoms with Crippen molar-refractivity contribution >= 4 is 5.69 Å². The van der Waals surface area contributed by atoms with E-state index in [0.29, 0.717) is 0 Å². The van der Waals surface area contributed by atoms with Gasteiger partial charge in [-0.25, -0.2) is 0 Å². The summed E-state index contributed by atoms with van der Waals surface area (Å²) in [7, 11) is 4.15. The van der Waals surface area contributed by atoms with E-state index >= 15 is 0 Å². The molecule has 0 saturated carbocycles. The Labute approximate surface area is 116 Å². The fraction of sp³-hybridized carbons (Fsp3) is 0.600. The van der Waals surface area contributed by atoms with Gasteiger partial charge in [-0.3, -0.25) is 0 Å². The van der Waals surface area contributed by atoms with Crippen molar-refractivity contribution in [2.45, 2.75) is 6.54 Å². The second-order valence-electron chi connectivity index (χ2n) is 5.45. The van der Waals surface area contributed by atoms with Gasteiger partial charge in [0.2, 0.25) is 0 Å². The molecule has 0 amide bonds. The van der Waals surface area contributed by atoms with Gasteiger partial charge in [-0.15, -0.1) is 0 Å². The van der Waals surface area contributed by atoms with Crippen LogP contribution in [-0.2, 0) is 11.3 Å². The van der Waals surface area contributed by atoms with E-state index in [-0.39, 0.29) is 0 Å². The number of nitrogens with one attached hydrogen (secondary N) is 1. The van der Waals surface area contributed by atoms with Crippen molar-refractivity contribution < 1.29 is 15.0 Å². The van der Waals surface area contributed by atoms with E-state index in [9.17, 15) is 0 Å². The highest BCUT2D eigenvalue weighted by Gasteiger charge is 2.13. The molecule has 106 valence electrons. The lowest BCUT2D eigenvalue weighted by atomic mass is 10.2. The summed E-state index contributed by atoms with van der Waals surface area (Å²) in [6, 6.07) is 8.84. The van der Waals surface area contributed by atoms with E-state index in [1.807, 2.05) is 0 Å².